The van der Waals surface area contributed by atoms with E-state index in [1.165, 1.54) is 24.3 Å². The van der Waals surface area contributed by atoms with Crippen LogP contribution in [-0.4, -0.2) is 25.2 Å². The van der Waals surface area contributed by atoms with Crippen molar-refractivity contribution in [2.75, 3.05) is 11.3 Å². The van der Waals surface area contributed by atoms with Gasteiger partial charge in [0.1, 0.15) is 17.1 Å². The number of rotatable bonds is 7. The van der Waals surface area contributed by atoms with Crippen LogP contribution < -0.4 is 14.8 Å². The van der Waals surface area contributed by atoms with Crippen molar-refractivity contribution in [3.05, 3.63) is 100 Å². The Morgan fingerprint density at radius 1 is 0.921 bits per heavy atom. The lowest BCUT2D eigenvalue weighted by molar-refractivity contribution is 0.340. The van der Waals surface area contributed by atoms with Gasteiger partial charge in [-0.3, -0.25) is 4.72 Å². The minimum atomic E-state index is -3.89. The third kappa shape index (κ3) is 5.80. The zero-order valence-corrected chi connectivity index (χ0v) is 22.3. The van der Waals surface area contributed by atoms with Gasteiger partial charge in [-0.05, 0) is 85.8 Å². The quantitative estimate of drug-likeness (QED) is 0.237. The molecule has 5 rings (SSSR count). The van der Waals surface area contributed by atoms with Crippen molar-refractivity contribution < 1.29 is 17.6 Å². The molecule has 0 amide bonds. The summed E-state index contributed by atoms with van der Waals surface area (Å²) in [6.45, 7) is 2.43. The van der Waals surface area contributed by atoms with Crippen molar-refractivity contribution in [3.8, 4) is 17.1 Å². The number of fused-ring (bicyclic) bond motifs is 1. The minimum absolute atomic E-state index is 0.0432. The predicted molar refractivity (Wildman–Crippen MR) is 147 cm³/mol. The second-order valence-corrected chi connectivity index (χ2v) is 10.6. The number of nitrogens with zero attached hydrogens (tertiary/aromatic N) is 3. The Morgan fingerprint density at radius 3 is 2.37 bits per heavy atom. The molecule has 0 saturated heterocycles. The number of sulfonamides is 1. The highest BCUT2D eigenvalue weighted by Crippen LogP contribution is 2.27. The summed E-state index contributed by atoms with van der Waals surface area (Å²) in [7, 11) is -3.89. The van der Waals surface area contributed by atoms with Gasteiger partial charge in [0.05, 0.1) is 22.5 Å². The lowest BCUT2D eigenvalue weighted by Gasteiger charge is -2.08. The van der Waals surface area contributed by atoms with Crippen molar-refractivity contribution in [1.29, 1.82) is 0 Å². The fraction of sp³-hybridized carbons (Fsp3) is 0.0741. The third-order valence-corrected chi connectivity index (χ3v) is 7.25. The van der Waals surface area contributed by atoms with Gasteiger partial charge in [-0.15, -0.1) is 10.2 Å². The molecule has 0 spiro atoms. The number of anilines is 1. The van der Waals surface area contributed by atoms with Gasteiger partial charge in [0.25, 0.3) is 10.0 Å². The first-order chi connectivity index (χ1) is 18.3. The maximum absolute atomic E-state index is 12.8. The number of hydrogen-bond donors (Lipinski definition) is 1. The Hall–Kier alpha value is -3.92. The summed E-state index contributed by atoms with van der Waals surface area (Å²) in [5.41, 5.74) is 2.00. The lowest BCUT2D eigenvalue weighted by atomic mass is 10.1. The van der Waals surface area contributed by atoms with Gasteiger partial charge in [-0.1, -0.05) is 23.2 Å². The average Bonchev–Trinajstić information content (AvgIpc) is 2.91. The molecule has 1 N–H and O–H groups in total. The average molecular weight is 567 g/mol. The predicted octanol–water partition coefficient (Wildman–Crippen LogP) is 6.63. The van der Waals surface area contributed by atoms with Gasteiger partial charge in [0.15, 0.2) is 11.0 Å². The second-order valence-electron chi connectivity index (χ2n) is 8.05. The highest BCUT2D eigenvalue weighted by atomic mass is 35.5. The van der Waals surface area contributed by atoms with E-state index in [4.69, 9.17) is 37.3 Å². The van der Waals surface area contributed by atoms with Crippen molar-refractivity contribution in [2.45, 2.75) is 11.8 Å². The molecule has 192 valence electrons. The standard InChI is InChI=1S/C27H20Cl2N4O4S/c1-2-36-20-9-12-24-22(15-20)23(16-25(37-24)17-3-5-18(28)6-4-17)30-19-7-10-21(11-8-19)38(34,35)33-27-14-13-26(29)31-32-27/h3-16H,2H2,1H3,(H,32,33). The Morgan fingerprint density at radius 2 is 1.68 bits per heavy atom. The van der Waals surface area contributed by atoms with Crippen LogP contribution in [0.2, 0.25) is 10.2 Å². The highest BCUT2D eigenvalue weighted by Gasteiger charge is 2.15. The highest BCUT2D eigenvalue weighted by molar-refractivity contribution is 7.92. The van der Waals surface area contributed by atoms with Crippen LogP contribution in [0.3, 0.4) is 0 Å². The van der Waals surface area contributed by atoms with E-state index in [1.54, 1.807) is 24.3 Å². The first-order valence-corrected chi connectivity index (χ1v) is 13.7. The zero-order valence-electron chi connectivity index (χ0n) is 19.9. The van der Waals surface area contributed by atoms with Crippen LogP contribution in [0.15, 0.2) is 99.2 Å². The van der Waals surface area contributed by atoms with Crippen LogP contribution in [0.5, 0.6) is 5.75 Å². The van der Waals surface area contributed by atoms with E-state index < -0.39 is 10.0 Å². The number of halogens is 2. The monoisotopic (exact) mass is 566 g/mol. The Labute approximate surface area is 228 Å². The molecule has 0 fully saturated rings. The minimum Gasteiger partial charge on any atom is -0.494 e. The maximum Gasteiger partial charge on any atom is 0.263 e. The van der Waals surface area contributed by atoms with Crippen LogP contribution in [0.25, 0.3) is 22.3 Å². The zero-order chi connectivity index (χ0) is 26.7. The van der Waals surface area contributed by atoms with E-state index in [2.05, 4.69) is 14.9 Å². The largest absolute Gasteiger partial charge is 0.494 e. The molecule has 3 aromatic carbocycles. The molecule has 2 aromatic heterocycles. The van der Waals surface area contributed by atoms with E-state index in [9.17, 15) is 8.42 Å². The summed E-state index contributed by atoms with van der Waals surface area (Å²) in [6, 6.07) is 23.7. The van der Waals surface area contributed by atoms with E-state index >= 15 is 0 Å². The van der Waals surface area contributed by atoms with Crippen LogP contribution in [-0.2, 0) is 10.0 Å². The lowest BCUT2D eigenvalue weighted by Crippen LogP contribution is -2.14. The molecule has 0 aliphatic rings. The van der Waals surface area contributed by atoms with Crippen LogP contribution in [0, 0.1) is 0 Å². The van der Waals surface area contributed by atoms with Crippen molar-refractivity contribution in [3.63, 3.8) is 0 Å². The summed E-state index contributed by atoms with van der Waals surface area (Å²) in [6.07, 6.45) is 0. The number of benzene rings is 3. The van der Waals surface area contributed by atoms with E-state index in [1.807, 2.05) is 43.3 Å². The second kappa shape index (κ2) is 10.8. The molecule has 8 nitrogen and oxygen atoms in total. The summed E-state index contributed by atoms with van der Waals surface area (Å²) in [5.74, 6) is 1.34. The van der Waals surface area contributed by atoms with Crippen LogP contribution in [0.4, 0.5) is 11.5 Å². The third-order valence-electron chi connectivity index (χ3n) is 5.42. The van der Waals surface area contributed by atoms with Crippen molar-refractivity contribution in [2.24, 2.45) is 4.99 Å². The molecule has 0 atom stereocenters. The van der Waals surface area contributed by atoms with Crippen LogP contribution >= 0.6 is 23.2 Å². The van der Waals surface area contributed by atoms with Crippen molar-refractivity contribution in [1.82, 2.24) is 10.2 Å². The Bertz CT molecular complexity index is 1770. The fourth-order valence-corrected chi connectivity index (χ4v) is 4.88. The number of ether oxygens (including phenoxy) is 1. The summed E-state index contributed by atoms with van der Waals surface area (Å²) >= 11 is 11.8. The number of nitrogens with one attached hydrogen (secondary N) is 1. The van der Waals surface area contributed by atoms with E-state index in [0.29, 0.717) is 39.8 Å². The molecular formula is C27H20Cl2N4O4S. The van der Waals surface area contributed by atoms with Gasteiger partial charge in [0, 0.05) is 22.0 Å². The van der Waals surface area contributed by atoms with Gasteiger partial charge < -0.3 is 9.15 Å². The van der Waals surface area contributed by atoms with Gasteiger partial charge >= 0.3 is 0 Å². The van der Waals surface area contributed by atoms with Crippen LogP contribution in [0.1, 0.15) is 6.92 Å². The van der Waals surface area contributed by atoms with Gasteiger partial charge in [0.2, 0.25) is 0 Å². The smallest absolute Gasteiger partial charge is 0.263 e. The normalized spacial score (nSPS) is 12.0. The molecule has 0 aliphatic heterocycles. The summed E-state index contributed by atoms with van der Waals surface area (Å²) < 4.78 is 39.8. The molecule has 38 heavy (non-hydrogen) atoms. The van der Waals surface area contributed by atoms with E-state index in [-0.39, 0.29) is 15.9 Å². The maximum atomic E-state index is 12.8. The first-order valence-electron chi connectivity index (χ1n) is 11.4. The van der Waals surface area contributed by atoms with Crippen molar-refractivity contribution >= 4 is 55.7 Å². The first kappa shape index (κ1) is 25.7. The molecule has 0 radical (unpaired) electrons. The van der Waals surface area contributed by atoms with Gasteiger partial charge in [-0.2, -0.15) is 0 Å². The molecule has 0 aliphatic carbocycles. The molecular weight excluding hydrogens is 547 g/mol. The molecule has 11 heteroatoms. The molecule has 0 saturated carbocycles. The summed E-state index contributed by atoms with van der Waals surface area (Å²) in [4.78, 5) is 4.84. The molecule has 5 aromatic rings. The topological polar surface area (TPSA) is 107 Å². The molecule has 0 unspecified atom stereocenters. The van der Waals surface area contributed by atoms with Gasteiger partial charge in [-0.25, -0.2) is 13.4 Å². The summed E-state index contributed by atoms with van der Waals surface area (Å²) in [5, 5.41) is 9.53. The molecule has 2 heterocycles. The Balaban J connectivity index is 1.55. The number of aromatic nitrogens is 2. The fourth-order valence-electron chi connectivity index (χ4n) is 3.66. The SMILES string of the molecule is CCOc1ccc2oc(-c3ccc(Cl)cc3)cc(=Nc3ccc(S(=O)(=O)Nc4ccc(Cl)nn4)cc3)c2c1. The van der Waals surface area contributed by atoms with E-state index in [0.717, 1.165) is 10.9 Å². The molecule has 0 bridgehead atoms. The Kier molecular flexibility index (Phi) is 7.33. The number of hydrogen-bond acceptors (Lipinski definition) is 7.